The number of nitro benzene ring substituents is 1. The third-order valence-electron chi connectivity index (χ3n) is 11.9. The largest absolute Gasteiger partial charge is 0.490 e. The van der Waals surface area contributed by atoms with Gasteiger partial charge in [-0.15, -0.1) is 6.58 Å². The molecule has 0 saturated heterocycles. The van der Waals surface area contributed by atoms with Gasteiger partial charge in [-0.25, -0.2) is 4.39 Å². The Kier molecular flexibility index (Phi) is 15.7. The van der Waals surface area contributed by atoms with Crippen molar-refractivity contribution in [2.45, 2.75) is 95.6 Å². The van der Waals surface area contributed by atoms with Crippen LogP contribution < -0.4 is 9.47 Å². The number of non-ortho nitro benzene ring substituents is 1. The Hall–Kier alpha value is -5.63. The molecule has 0 aromatic heterocycles. The van der Waals surface area contributed by atoms with Crippen molar-refractivity contribution in [2.75, 3.05) is 26.4 Å². The number of ether oxygens (including phenoxy) is 3. The summed E-state index contributed by atoms with van der Waals surface area (Å²) in [6, 6.07) is 16.8. The lowest BCUT2D eigenvalue weighted by Crippen LogP contribution is -2.70. The van der Waals surface area contributed by atoms with Crippen LogP contribution >= 0.6 is 0 Å². The monoisotopic (exact) mass is 865 g/mol. The SMILES string of the molecule is C=CCOc1ccc2c(c1)[C@H]1[C@H](CCCCO)[C@@H](CCCCO)C=C3C(=NOC(C)(C)C)C[C@H](N(Cc4ccc(F)cc4)C(=O)C=Cc4ccc([N+](=O)[O-])cc4)[C@@](OCC=C)(O2)[C@H]31. The number of amides is 1. The Morgan fingerprint density at radius 3 is 2.35 bits per heavy atom. The smallest absolute Gasteiger partial charge is 0.269 e. The first-order valence-corrected chi connectivity index (χ1v) is 21.8. The molecule has 6 rings (SSSR count). The molecule has 13 heteroatoms. The molecule has 1 amide bonds. The highest BCUT2D eigenvalue weighted by atomic mass is 19.1. The molecule has 63 heavy (non-hydrogen) atoms. The number of fused-ring (bicyclic) bond motifs is 2. The first-order chi connectivity index (χ1) is 30.3. The Labute approximate surface area is 369 Å². The standard InChI is InChI=1S/C50H60FN3O9/c1-6-28-60-39-23-24-44-42(31-39)47-40(13-9-11-27-56)36(12-8-10-26-55)30-41-43(52-63-49(3,4)5)32-45(50(62-44,48(41)47)61-29-7-2)53(33-35-14-19-37(51)20-15-35)46(57)25-18-34-16-21-38(22-17-34)54(58)59/h6-7,14-25,30-31,36,40,45,47-48,55-56H,1-2,8-13,26-29,32-33H2,3-5H3/t36-,40+,45-,47+,48+,50+/m0/s1. The zero-order chi connectivity index (χ0) is 45.1. The number of benzene rings is 3. The Morgan fingerprint density at radius 2 is 1.70 bits per heavy atom. The number of carbonyl (C=O) groups excluding carboxylic acids is 1. The van der Waals surface area contributed by atoms with Crippen LogP contribution in [0.5, 0.6) is 11.5 Å². The van der Waals surface area contributed by atoms with E-state index in [1.807, 2.05) is 39.0 Å². The highest BCUT2D eigenvalue weighted by molar-refractivity contribution is 6.03. The maximum Gasteiger partial charge on any atom is 0.269 e. The minimum absolute atomic E-state index is 0.000166. The molecule has 2 aliphatic carbocycles. The Balaban J connectivity index is 1.61. The number of hydrogen-bond acceptors (Lipinski definition) is 10. The fraction of sp³-hybridized carbons (Fsp3) is 0.440. The summed E-state index contributed by atoms with van der Waals surface area (Å²) < 4.78 is 34.9. The summed E-state index contributed by atoms with van der Waals surface area (Å²) in [6.07, 6.45) is 13.2. The van der Waals surface area contributed by atoms with E-state index in [2.05, 4.69) is 19.2 Å². The van der Waals surface area contributed by atoms with Crippen LogP contribution in [-0.2, 0) is 20.9 Å². The highest BCUT2D eigenvalue weighted by Gasteiger charge is 2.65. The van der Waals surface area contributed by atoms with E-state index in [0.717, 1.165) is 36.8 Å². The third-order valence-corrected chi connectivity index (χ3v) is 11.9. The first-order valence-electron chi connectivity index (χ1n) is 21.8. The van der Waals surface area contributed by atoms with Gasteiger partial charge in [0, 0.05) is 55.9 Å². The number of unbranched alkanes of at least 4 members (excludes halogenated alkanes) is 2. The molecule has 3 aromatic carbocycles. The lowest BCUT2D eigenvalue weighted by Gasteiger charge is -2.60. The molecule has 12 nitrogen and oxygen atoms in total. The maximum atomic E-state index is 15.0. The average molecular weight is 866 g/mol. The van der Waals surface area contributed by atoms with Crippen LogP contribution in [0.15, 0.2) is 115 Å². The predicted octanol–water partition coefficient (Wildman–Crippen LogP) is 9.47. The van der Waals surface area contributed by atoms with Crippen molar-refractivity contribution in [3.05, 3.63) is 142 Å². The number of halogens is 1. The molecule has 3 aliphatic rings. The fourth-order valence-electron chi connectivity index (χ4n) is 9.18. The van der Waals surface area contributed by atoms with Crippen LogP contribution in [0, 0.1) is 33.7 Å². The number of nitro groups is 1. The van der Waals surface area contributed by atoms with E-state index in [-0.39, 0.29) is 56.2 Å². The van der Waals surface area contributed by atoms with Crippen molar-refractivity contribution < 1.29 is 43.4 Å². The maximum absolute atomic E-state index is 15.0. The summed E-state index contributed by atoms with van der Waals surface area (Å²) in [7, 11) is 0. The van der Waals surface area contributed by atoms with Gasteiger partial charge in [0.1, 0.15) is 35.6 Å². The van der Waals surface area contributed by atoms with Gasteiger partial charge >= 0.3 is 0 Å². The zero-order valence-corrected chi connectivity index (χ0v) is 36.5. The molecule has 3 aromatic rings. The van der Waals surface area contributed by atoms with Crippen molar-refractivity contribution in [3.8, 4) is 11.5 Å². The number of aliphatic hydroxyl groups excluding tert-OH is 2. The van der Waals surface area contributed by atoms with Crippen LogP contribution in [0.4, 0.5) is 10.1 Å². The molecule has 1 heterocycles. The number of nitrogens with zero attached hydrogens (tertiary/aromatic N) is 3. The number of carbonyl (C=O) groups is 1. The molecule has 6 atom stereocenters. The molecule has 1 saturated carbocycles. The van der Waals surface area contributed by atoms with Crippen molar-refractivity contribution in [1.82, 2.24) is 4.90 Å². The molecule has 2 N–H and O–H groups in total. The Morgan fingerprint density at radius 1 is 1.00 bits per heavy atom. The van der Waals surface area contributed by atoms with E-state index < -0.39 is 40.0 Å². The minimum Gasteiger partial charge on any atom is -0.490 e. The molecular formula is C50H60FN3O9. The van der Waals surface area contributed by atoms with Crippen LogP contribution in [0.2, 0.25) is 0 Å². The molecule has 0 bridgehead atoms. The zero-order valence-electron chi connectivity index (χ0n) is 36.5. The first kappa shape index (κ1) is 46.9. The van der Waals surface area contributed by atoms with Crippen molar-refractivity contribution in [1.29, 1.82) is 0 Å². The van der Waals surface area contributed by atoms with E-state index in [0.29, 0.717) is 47.8 Å². The van der Waals surface area contributed by atoms with Gasteiger partial charge in [0.15, 0.2) is 0 Å². The summed E-state index contributed by atoms with van der Waals surface area (Å²) in [5, 5.41) is 36.1. The van der Waals surface area contributed by atoms with Crippen LogP contribution in [-0.4, -0.2) is 75.5 Å². The molecular weight excluding hydrogens is 806 g/mol. The number of hydrogen-bond donors (Lipinski definition) is 2. The second-order valence-electron chi connectivity index (χ2n) is 17.4. The van der Waals surface area contributed by atoms with Gasteiger partial charge in [-0.05, 0) is 124 Å². The van der Waals surface area contributed by atoms with Gasteiger partial charge in [0.05, 0.1) is 23.2 Å². The third kappa shape index (κ3) is 11.1. The molecule has 1 fully saturated rings. The number of aliphatic hydroxyl groups is 2. The topological polar surface area (TPSA) is 153 Å². The Bertz CT molecular complexity index is 2160. The van der Waals surface area contributed by atoms with E-state index in [1.54, 1.807) is 47.4 Å². The van der Waals surface area contributed by atoms with Gasteiger partial charge in [-0.2, -0.15) is 0 Å². The number of rotatable bonds is 21. The summed E-state index contributed by atoms with van der Waals surface area (Å²) in [5.74, 6) is -1.96. The molecule has 0 unspecified atom stereocenters. The minimum atomic E-state index is -1.54. The van der Waals surface area contributed by atoms with Crippen molar-refractivity contribution in [2.24, 2.45) is 22.9 Å². The van der Waals surface area contributed by atoms with Crippen molar-refractivity contribution in [3.63, 3.8) is 0 Å². The molecule has 0 spiro atoms. The van der Waals surface area contributed by atoms with Gasteiger partial charge in [0.2, 0.25) is 11.7 Å². The molecule has 336 valence electrons. The lowest BCUT2D eigenvalue weighted by molar-refractivity contribution is -0.384. The van der Waals surface area contributed by atoms with E-state index >= 15 is 4.79 Å². The van der Waals surface area contributed by atoms with E-state index in [9.17, 15) is 24.7 Å². The normalized spacial score (nSPS) is 23.2. The van der Waals surface area contributed by atoms with Gasteiger partial charge < -0.3 is 34.2 Å². The van der Waals surface area contributed by atoms with Crippen LogP contribution in [0.3, 0.4) is 0 Å². The summed E-state index contributed by atoms with van der Waals surface area (Å²) in [6.45, 7) is 14.1. The number of oxime groups is 1. The summed E-state index contributed by atoms with van der Waals surface area (Å²) in [5.41, 5.74) is 2.92. The highest BCUT2D eigenvalue weighted by Crippen LogP contribution is 2.62. The quantitative estimate of drug-likeness (QED) is 0.0351. The second kappa shape index (κ2) is 21.2. The predicted molar refractivity (Wildman–Crippen MR) is 241 cm³/mol. The average Bonchev–Trinajstić information content (AvgIpc) is 3.27. The van der Waals surface area contributed by atoms with Crippen molar-refractivity contribution >= 4 is 23.4 Å². The number of allylic oxidation sites excluding steroid dienone is 1. The molecule has 0 radical (unpaired) electrons. The summed E-state index contributed by atoms with van der Waals surface area (Å²) in [4.78, 5) is 33.8. The van der Waals surface area contributed by atoms with Crippen LogP contribution in [0.25, 0.3) is 6.08 Å². The second-order valence-corrected chi connectivity index (χ2v) is 17.4. The van der Waals surface area contributed by atoms with Gasteiger partial charge in [-0.1, -0.05) is 54.9 Å². The van der Waals surface area contributed by atoms with Gasteiger partial charge in [-0.3, -0.25) is 14.9 Å². The lowest BCUT2D eigenvalue weighted by atomic mass is 9.55. The molecule has 1 aliphatic heterocycles. The van der Waals surface area contributed by atoms with E-state index in [1.165, 1.54) is 30.3 Å². The van der Waals surface area contributed by atoms with Gasteiger partial charge in [0.25, 0.3) is 5.69 Å². The fourth-order valence-corrected chi connectivity index (χ4v) is 9.18. The van der Waals surface area contributed by atoms with E-state index in [4.69, 9.17) is 24.2 Å². The summed E-state index contributed by atoms with van der Waals surface area (Å²) >= 11 is 0. The van der Waals surface area contributed by atoms with Crippen LogP contribution in [0.1, 0.15) is 88.3 Å².